The normalized spacial score (nSPS) is 12.0. The van der Waals surface area contributed by atoms with Gasteiger partial charge in [0.25, 0.3) is 0 Å². The largest absolute Gasteiger partial charge is 0.354 e. The molecule has 0 fully saturated rings. The van der Waals surface area contributed by atoms with Crippen molar-refractivity contribution < 1.29 is 9.59 Å². The fraction of sp³-hybridized carbons (Fsp3) is 0.310. The highest BCUT2D eigenvalue weighted by Gasteiger charge is 2.34. The number of benzene rings is 3. The van der Waals surface area contributed by atoms with Crippen LogP contribution in [0.4, 0.5) is 5.69 Å². The van der Waals surface area contributed by atoms with E-state index in [1.165, 1.54) is 0 Å². The van der Waals surface area contributed by atoms with Crippen molar-refractivity contribution in [1.29, 1.82) is 0 Å². The molecule has 4 aromatic rings. The van der Waals surface area contributed by atoms with E-state index in [1.54, 1.807) is 9.58 Å². The van der Waals surface area contributed by atoms with Gasteiger partial charge in [-0.15, -0.1) is 5.10 Å². The van der Waals surface area contributed by atoms with Gasteiger partial charge in [0.2, 0.25) is 11.8 Å². The van der Waals surface area contributed by atoms with Crippen LogP contribution in [-0.4, -0.2) is 33.4 Å². The molecule has 4 rings (SSSR count). The Morgan fingerprint density at radius 2 is 1.67 bits per heavy atom. The summed E-state index contributed by atoms with van der Waals surface area (Å²) >= 11 is 0. The van der Waals surface area contributed by atoms with Crippen LogP contribution < -0.4 is 10.2 Å². The molecule has 0 aliphatic carbocycles. The molecule has 0 spiro atoms. The van der Waals surface area contributed by atoms with Crippen molar-refractivity contribution in [2.75, 3.05) is 11.4 Å². The maximum atomic E-state index is 14.1. The quantitative estimate of drug-likeness (QED) is 0.364. The summed E-state index contributed by atoms with van der Waals surface area (Å²) in [4.78, 5) is 29.4. The van der Waals surface area contributed by atoms with Crippen LogP contribution in [0.25, 0.3) is 11.0 Å². The fourth-order valence-corrected chi connectivity index (χ4v) is 4.29. The molecule has 0 aliphatic rings. The molecule has 0 saturated carbocycles. The molecule has 7 nitrogen and oxygen atoms in total. The van der Waals surface area contributed by atoms with Gasteiger partial charge in [-0.05, 0) is 61.1 Å². The van der Waals surface area contributed by atoms with Gasteiger partial charge < -0.3 is 5.32 Å². The first-order valence-corrected chi connectivity index (χ1v) is 12.4. The fourth-order valence-electron chi connectivity index (χ4n) is 4.29. The summed E-state index contributed by atoms with van der Waals surface area (Å²) in [5.41, 5.74) is 4.93. The summed E-state index contributed by atoms with van der Waals surface area (Å²) < 4.78 is 1.59. The number of anilines is 1. The minimum Gasteiger partial charge on any atom is -0.354 e. The predicted molar refractivity (Wildman–Crippen MR) is 143 cm³/mol. The molecule has 2 amide bonds. The van der Waals surface area contributed by atoms with Crippen molar-refractivity contribution in [2.45, 2.75) is 46.7 Å². The summed E-state index contributed by atoms with van der Waals surface area (Å²) in [6.45, 7) is 8.73. The molecule has 1 atom stereocenters. The SMILES string of the molecule is Cc1cccc(N(C(=O)Cn2nnc3ccccc32)C(C(=O)NCCC(C)C)c2ccccc2)c1C. The van der Waals surface area contributed by atoms with Crippen LogP contribution in [0.2, 0.25) is 0 Å². The van der Waals surface area contributed by atoms with Crippen LogP contribution in [0, 0.1) is 19.8 Å². The van der Waals surface area contributed by atoms with E-state index in [0.717, 1.165) is 34.1 Å². The number of hydrogen-bond acceptors (Lipinski definition) is 4. The molecule has 1 aromatic heterocycles. The Hall–Kier alpha value is -4.00. The average Bonchev–Trinajstić information content (AvgIpc) is 3.27. The Kier molecular flexibility index (Phi) is 7.78. The van der Waals surface area contributed by atoms with E-state index in [-0.39, 0.29) is 18.4 Å². The van der Waals surface area contributed by atoms with Gasteiger partial charge in [-0.3, -0.25) is 14.5 Å². The van der Waals surface area contributed by atoms with Crippen molar-refractivity contribution in [3.63, 3.8) is 0 Å². The van der Waals surface area contributed by atoms with Crippen LogP contribution in [-0.2, 0) is 16.1 Å². The van der Waals surface area contributed by atoms with Gasteiger partial charge in [-0.25, -0.2) is 4.68 Å². The van der Waals surface area contributed by atoms with Gasteiger partial charge in [0.1, 0.15) is 18.1 Å². The van der Waals surface area contributed by atoms with E-state index in [2.05, 4.69) is 29.5 Å². The smallest absolute Gasteiger partial charge is 0.249 e. The van der Waals surface area contributed by atoms with Crippen LogP contribution in [0.1, 0.15) is 43.0 Å². The molecule has 1 heterocycles. The zero-order valence-corrected chi connectivity index (χ0v) is 21.3. The number of aryl methyl sites for hydroxylation is 1. The minimum absolute atomic E-state index is 0.0451. The standard InChI is InChI=1S/C29H33N5O2/c1-20(2)17-18-30-29(36)28(23-12-6-5-7-13-23)34(25-16-10-11-21(3)22(25)4)27(35)19-33-26-15-9-8-14-24(26)31-32-33/h5-16,20,28H,17-19H2,1-4H3,(H,30,36). The lowest BCUT2D eigenvalue weighted by molar-refractivity contribution is -0.127. The van der Waals surface area contributed by atoms with Gasteiger partial charge in [-0.1, -0.05) is 73.7 Å². The third kappa shape index (κ3) is 5.46. The number of nitrogens with zero attached hydrogens (tertiary/aromatic N) is 4. The van der Waals surface area contributed by atoms with E-state index < -0.39 is 6.04 Å². The number of carbonyl (C=O) groups excluding carboxylic acids is 2. The molecular weight excluding hydrogens is 450 g/mol. The van der Waals surface area contributed by atoms with E-state index >= 15 is 0 Å². The maximum Gasteiger partial charge on any atom is 0.249 e. The first-order valence-electron chi connectivity index (χ1n) is 12.4. The van der Waals surface area contributed by atoms with E-state index in [4.69, 9.17) is 0 Å². The van der Waals surface area contributed by atoms with Crippen molar-refractivity contribution in [3.05, 3.63) is 89.5 Å². The minimum atomic E-state index is -0.832. The number of rotatable bonds is 9. The summed E-state index contributed by atoms with van der Waals surface area (Å²) in [5.74, 6) is 0.00425. The summed E-state index contributed by atoms with van der Waals surface area (Å²) in [7, 11) is 0. The second kappa shape index (κ2) is 11.2. The number of hydrogen-bond donors (Lipinski definition) is 1. The van der Waals surface area contributed by atoms with Crippen LogP contribution >= 0.6 is 0 Å². The highest BCUT2D eigenvalue weighted by Crippen LogP contribution is 2.32. The van der Waals surface area contributed by atoms with Crippen molar-refractivity contribution in [1.82, 2.24) is 20.3 Å². The second-order valence-corrected chi connectivity index (χ2v) is 9.51. The maximum absolute atomic E-state index is 14.1. The molecule has 7 heteroatoms. The number of carbonyl (C=O) groups is 2. The number of para-hydroxylation sites is 1. The van der Waals surface area contributed by atoms with Gasteiger partial charge in [-0.2, -0.15) is 0 Å². The first kappa shape index (κ1) is 25.1. The highest BCUT2D eigenvalue weighted by molar-refractivity contribution is 6.02. The Labute approximate surface area is 212 Å². The van der Waals surface area contributed by atoms with Gasteiger partial charge in [0, 0.05) is 12.2 Å². The first-order chi connectivity index (χ1) is 17.4. The number of amides is 2. The molecule has 0 aliphatic heterocycles. The topological polar surface area (TPSA) is 80.1 Å². The zero-order chi connectivity index (χ0) is 25.7. The third-order valence-electron chi connectivity index (χ3n) is 6.45. The lowest BCUT2D eigenvalue weighted by atomic mass is 10.00. The van der Waals surface area contributed by atoms with E-state index in [0.29, 0.717) is 18.2 Å². The zero-order valence-electron chi connectivity index (χ0n) is 21.3. The molecule has 0 radical (unpaired) electrons. The number of fused-ring (bicyclic) bond motifs is 1. The highest BCUT2D eigenvalue weighted by atomic mass is 16.2. The van der Waals surface area contributed by atoms with E-state index in [1.807, 2.05) is 86.6 Å². The molecule has 3 aromatic carbocycles. The Balaban J connectivity index is 1.79. The second-order valence-electron chi connectivity index (χ2n) is 9.51. The Morgan fingerprint density at radius 3 is 2.42 bits per heavy atom. The number of nitrogens with one attached hydrogen (secondary N) is 1. The Morgan fingerprint density at radius 1 is 0.944 bits per heavy atom. The molecule has 1 N–H and O–H groups in total. The van der Waals surface area contributed by atoms with Crippen molar-refractivity contribution >= 4 is 28.5 Å². The lowest BCUT2D eigenvalue weighted by Crippen LogP contribution is -2.46. The Bertz CT molecular complexity index is 1350. The van der Waals surface area contributed by atoms with Gasteiger partial charge in [0.05, 0.1) is 5.52 Å². The van der Waals surface area contributed by atoms with Crippen molar-refractivity contribution in [3.8, 4) is 0 Å². The third-order valence-corrected chi connectivity index (χ3v) is 6.45. The molecule has 1 unspecified atom stereocenters. The van der Waals surface area contributed by atoms with Gasteiger partial charge >= 0.3 is 0 Å². The summed E-state index contributed by atoms with van der Waals surface area (Å²) in [6, 6.07) is 22.0. The molecular formula is C29H33N5O2. The summed E-state index contributed by atoms with van der Waals surface area (Å²) in [6.07, 6.45) is 0.857. The monoisotopic (exact) mass is 483 g/mol. The average molecular weight is 484 g/mol. The van der Waals surface area contributed by atoms with E-state index in [9.17, 15) is 9.59 Å². The summed E-state index contributed by atoms with van der Waals surface area (Å²) in [5, 5.41) is 11.5. The van der Waals surface area contributed by atoms with Gasteiger partial charge in [0.15, 0.2) is 0 Å². The molecule has 0 bridgehead atoms. The van der Waals surface area contributed by atoms with Crippen molar-refractivity contribution in [2.24, 2.45) is 5.92 Å². The molecule has 36 heavy (non-hydrogen) atoms. The molecule has 186 valence electrons. The van der Waals surface area contributed by atoms with Crippen LogP contribution in [0.3, 0.4) is 0 Å². The van der Waals surface area contributed by atoms with Crippen LogP contribution in [0.5, 0.6) is 0 Å². The predicted octanol–water partition coefficient (Wildman–Crippen LogP) is 4.98. The lowest BCUT2D eigenvalue weighted by Gasteiger charge is -2.33. The number of aromatic nitrogens is 3. The molecule has 0 saturated heterocycles. The van der Waals surface area contributed by atoms with Crippen LogP contribution in [0.15, 0.2) is 72.8 Å².